The molecule has 18 heteroatoms. The van der Waals surface area contributed by atoms with Gasteiger partial charge in [0.05, 0.1) is 6.04 Å². The molecule has 3 atom stereocenters. The molecule has 4 heterocycles. The fraction of sp³-hybridized carbons (Fsp3) is 0.318. The summed E-state index contributed by atoms with van der Waals surface area (Å²) in [6.45, 7) is 1.90. The molecular formula is C22H25N9O5S4. The van der Waals surface area contributed by atoms with Gasteiger partial charge in [0, 0.05) is 44.8 Å². The lowest BCUT2D eigenvalue weighted by atomic mass is 10.0. The van der Waals surface area contributed by atoms with Crippen molar-refractivity contribution in [3.63, 3.8) is 0 Å². The Morgan fingerprint density at radius 1 is 1.38 bits per heavy atom. The van der Waals surface area contributed by atoms with Gasteiger partial charge in [-0.05, 0) is 18.6 Å². The molecule has 9 N–H and O–H groups in total. The number of anilines is 1. The van der Waals surface area contributed by atoms with Crippen molar-refractivity contribution >= 4 is 81.2 Å². The fourth-order valence-corrected chi connectivity index (χ4v) is 8.06. The van der Waals surface area contributed by atoms with Crippen molar-refractivity contribution in [2.24, 2.45) is 21.6 Å². The van der Waals surface area contributed by atoms with Crippen LogP contribution in [0.3, 0.4) is 0 Å². The summed E-state index contributed by atoms with van der Waals surface area (Å²) in [6, 6.07) is 0.720. The lowest BCUT2D eigenvalue weighted by Crippen LogP contribution is -2.71. The third-order valence-electron chi connectivity index (χ3n) is 5.58. The van der Waals surface area contributed by atoms with Gasteiger partial charge in [-0.15, -0.1) is 23.1 Å². The molecule has 0 saturated carbocycles. The van der Waals surface area contributed by atoms with Crippen molar-refractivity contribution in [3.05, 3.63) is 45.7 Å². The zero-order valence-corrected chi connectivity index (χ0v) is 24.1. The average molecular weight is 624 g/mol. The van der Waals surface area contributed by atoms with Gasteiger partial charge in [0.2, 0.25) is 0 Å². The first-order valence-electron chi connectivity index (χ1n) is 11.5. The van der Waals surface area contributed by atoms with Crippen LogP contribution < -0.4 is 22.5 Å². The number of aliphatic carboxylic acids is 1. The Kier molecular flexibility index (Phi) is 9.44. The number of carbonyl (C=O) groups excluding carboxylic acids is 2. The molecule has 0 aromatic carbocycles. The summed E-state index contributed by atoms with van der Waals surface area (Å²) in [5, 5.41) is 25.9. The van der Waals surface area contributed by atoms with Crippen LogP contribution in [0.2, 0.25) is 0 Å². The summed E-state index contributed by atoms with van der Waals surface area (Å²) >= 11 is 5.26. The van der Waals surface area contributed by atoms with Crippen LogP contribution in [-0.4, -0.2) is 83.6 Å². The number of oxime groups is 1. The predicted molar refractivity (Wildman–Crippen MR) is 156 cm³/mol. The average Bonchev–Trinajstić information content (AvgIpc) is 3.33. The highest BCUT2D eigenvalue weighted by Crippen LogP contribution is 2.45. The molecule has 2 aromatic heterocycles. The largest absolute Gasteiger partial charge is 0.477 e. The summed E-state index contributed by atoms with van der Waals surface area (Å²) in [7, 11) is 0. The van der Waals surface area contributed by atoms with Crippen molar-refractivity contribution in [2.75, 3.05) is 17.2 Å². The molecule has 14 nitrogen and oxygen atoms in total. The summed E-state index contributed by atoms with van der Waals surface area (Å²) < 4.78 is 0. The number of thiazole rings is 1. The number of nitrogen functional groups attached to an aromatic ring is 1. The van der Waals surface area contributed by atoms with Crippen molar-refractivity contribution in [2.45, 2.75) is 35.0 Å². The number of β-lactam (4-membered cyclic amide) rings is 1. The first-order valence-corrected chi connectivity index (χ1v) is 15.4. The van der Waals surface area contributed by atoms with E-state index in [2.05, 4.69) is 25.4 Å². The number of nitrogens with one attached hydrogen (secondary N) is 1. The van der Waals surface area contributed by atoms with Crippen LogP contribution >= 0.6 is 46.6 Å². The van der Waals surface area contributed by atoms with E-state index >= 15 is 0 Å². The Hall–Kier alpha value is -3.48. The second kappa shape index (κ2) is 12.8. The Morgan fingerprint density at radius 3 is 2.80 bits per heavy atom. The molecule has 0 spiro atoms. The molecule has 0 radical (unpaired) electrons. The highest BCUT2D eigenvalue weighted by atomic mass is 32.2. The maximum atomic E-state index is 13.1. The maximum Gasteiger partial charge on any atom is 0.353 e. The van der Waals surface area contributed by atoms with Gasteiger partial charge in [0.1, 0.15) is 22.8 Å². The predicted octanol–water partition coefficient (Wildman–Crippen LogP) is 0.682. The number of carboxylic acids is 1. The van der Waals surface area contributed by atoms with Gasteiger partial charge in [-0.2, -0.15) is 11.8 Å². The number of hydrogen-bond donors (Lipinski definition) is 6. The van der Waals surface area contributed by atoms with E-state index in [0.29, 0.717) is 22.2 Å². The topological polar surface area (TPSA) is 236 Å². The molecule has 1 fully saturated rings. The molecular weight excluding hydrogens is 599 g/mol. The molecule has 2 aromatic rings. The molecule has 2 aliphatic rings. The molecule has 0 aliphatic carbocycles. The van der Waals surface area contributed by atoms with Crippen LogP contribution in [-0.2, 0) is 20.1 Å². The van der Waals surface area contributed by atoms with Crippen molar-refractivity contribution in [1.82, 2.24) is 20.2 Å². The molecule has 1 unspecified atom stereocenters. The zero-order valence-electron chi connectivity index (χ0n) is 20.9. The summed E-state index contributed by atoms with van der Waals surface area (Å²) in [5.41, 5.74) is 16.9. The molecule has 0 bridgehead atoms. The number of guanidine groups is 1. The third-order valence-corrected chi connectivity index (χ3v) is 10.2. The van der Waals surface area contributed by atoms with Crippen LogP contribution in [0.15, 0.2) is 49.5 Å². The molecule has 212 valence electrons. The highest BCUT2D eigenvalue weighted by Gasteiger charge is 2.54. The number of hydrogen-bond acceptors (Lipinski definition) is 13. The Labute approximate surface area is 244 Å². The lowest BCUT2D eigenvalue weighted by Gasteiger charge is -2.49. The second-order valence-corrected chi connectivity index (χ2v) is 12.6. The van der Waals surface area contributed by atoms with Gasteiger partial charge in [0.15, 0.2) is 16.8 Å². The van der Waals surface area contributed by atoms with Crippen LogP contribution in [0.1, 0.15) is 18.2 Å². The molecule has 40 heavy (non-hydrogen) atoms. The zero-order chi connectivity index (χ0) is 29.0. The number of fused-ring (bicyclic) bond motifs is 1. The number of nitrogens with two attached hydrogens (primary N) is 3. The SMILES string of the molecule is CC(CSCc1cnccc1SC1=C(C(=O)O)N2C(=O)[C@@H](NC(=O)/C(=N\O)c3csc(N)n3)[C@@H]2SC1)N=C(N)N. The lowest BCUT2D eigenvalue weighted by molar-refractivity contribution is -0.150. The number of pyridine rings is 1. The van der Waals surface area contributed by atoms with Gasteiger partial charge in [-0.25, -0.2) is 14.8 Å². The maximum absolute atomic E-state index is 13.1. The van der Waals surface area contributed by atoms with E-state index in [1.807, 2.05) is 6.92 Å². The molecule has 4 rings (SSSR count). The van der Waals surface area contributed by atoms with Gasteiger partial charge in [0.25, 0.3) is 11.8 Å². The number of amides is 2. The standard InChI is InChI=1S/C22H25N9O5S4/c1-9(27-21(23)24)5-37-6-10-4-26-3-2-12(10)40-13-8-38-19-15(18(33)31(19)16(13)20(34)35)29-17(32)14(30-36)11-7-39-22(25)28-11/h2-4,7,9,15,19,36H,5-6,8H2,1H3,(H2,25,28)(H,29,32)(H,34,35)(H4,23,24,27)/b30-14-/t9?,15-,19+/m1/s1. The van der Waals surface area contributed by atoms with Crippen molar-refractivity contribution in [1.29, 1.82) is 0 Å². The van der Waals surface area contributed by atoms with Gasteiger partial charge in [-0.3, -0.25) is 19.5 Å². The van der Waals surface area contributed by atoms with Crippen LogP contribution in [0.4, 0.5) is 5.13 Å². The van der Waals surface area contributed by atoms with Gasteiger partial charge < -0.3 is 32.8 Å². The van der Waals surface area contributed by atoms with Crippen LogP contribution in [0.5, 0.6) is 0 Å². The summed E-state index contributed by atoms with van der Waals surface area (Å²) in [4.78, 5) is 52.8. The first kappa shape index (κ1) is 29.5. The number of thioether (sulfide) groups is 3. The van der Waals surface area contributed by atoms with E-state index in [1.165, 1.54) is 33.8 Å². The minimum absolute atomic E-state index is 0.0286. The number of aromatic nitrogens is 2. The molecule has 1 saturated heterocycles. The van der Waals surface area contributed by atoms with Crippen LogP contribution in [0.25, 0.3) is 0 Å². The fourth-order valence-electron chi connectivity index (χ4n) is 3.87. The van der Waals surface area contributed by atoms with E-state index in [1.54, 1.807) is 30.2 Å². The number of nitrogens with zero attached hydrogens (tertiary/aromatic N) is 5. The Morgan fingerprint density at radius 2 is 2.15 bits per heavy atom. The number of carbonyl (C=O) groups is 3. The summed E-state index contributed by atoms with van der Waals surface area (Å²) in [5.74, 6) is -1.07. The molecule has 2 amide bonds. The second-order valence-electron chi connectivity index (χ2n) is 8.46. The van der Waals surface area contributed by atoms with E-state index in [-0.39, 0.29) is 28.5 Å². The molecule has 2 aliphatic heterocycles. The number of aliphatic imine (C=N–C) groups is 1. The first-order chi connectivity index (χ1) is 19.1. The van der Waals surface area contributed by atoms with Crippen molar-refractivity contribution < 1.29 is 24.7 Å². The monoisotopic (exact) mass is 623 g/mol. The summed E-state index contributed by atoms with van der Waals surface area (Å²) in [6.07, 6.45) is 3.34. The Balaban J connectivity index is 1.47. The van der Waals surface area contributed by atoms with E-state index in [9.17, 15) is 24.7 Å². The third kappa shape index (κ3) is 6.45. The van der Waals surface area contributed by atoms with E-state index in [0.717, 1.165) is 21.8 Å². The minimum atomic E-state index is -1.25. The quantitative estimate of drug-likeness (QED) is 0.0665. The minimum Gasteiger partial charge on any atom is -0.477 e. The number of carboxylic acid groups (broad SMARTS) is 1. The van der Waals surface area contributed by atoms with E-state index < -0.39 is 34.9 Å². The highest BCUT2D eigenvalue weighted by molar-refractivity contribution is 8.06. The van der Waals surface area contributed by atoms with Crippen molar-refractivity contribution in [3.8, 4) is 0 Å². The van der Waals surface area contributed by atoms with E-state index in [4.69, 9.17) is 17.2 Å². The number of rotatable bonds is 11. The van der Waals surface area contributed by atoms with Crippen LogP contribution in [0, 0.1) is 0 Å². The Bertz CT molecular complexity index is 1410. The van der Waals surface area contributed by atoms with Gasteiger partial charge >= 0.3 is 5.97 Å². The smallest absolute Gasteiger partial charge is 0.353 e. The normalized spacial score (nSPS) is 19.5. The van der Waals surface area contributed by atoms with Gasteiger partial charge in [-0.1, -0.05) is 16.9 Å².